The quantitative estimate of drug-likeness (QED) is 0.894. The number of benzene rings is 2. The van der Waals surface area contributed by atoms with Crippen LogP contribution in [0.5, 0.6) is 5.75 Å². The third-order valence-electron chi connectivity index (χ3n) is 2.93. The molecule has 0 spiro atoms. The van der Waals surface area contributed by atoms with E-state index in [1.165, 1.54) is 6.07 Å². The molecule has 20 heavy (non-hydrogen) atoms. The first-order chi connectivity index (χ1) is 9.66. The summed E-state index contributed by atoms with van der Waals surface area (Å²) in [6.07, 6.45) is 3.79. The molecule has 0 fully saturated rings. The van der Waals surface area contributed by atoms with E-state index in [4.69, 9.17) is 10.5 Å². The first-order valence-corrected chi connectivity index (χ1v) is 6.56. The van der Waals surface area contributed by atoms with Crippen molar-refractivity contribution in [2.75, 3.05) is 6.61 Å². The molecule has 0 radical (unpaired) electrons. The van der Waals surface area contributed by atoms with Crippen molar-refractivity contribution >= 4 is 6.08 Å². The van der Waals surface area contributed by atoms with E-state index in [0.29, 0.717) is 6.61 Å². The molecule has 104 valence electrons. The molecule has 0 aromatic heterocycles. The highest BCUT2D eigenvalue weighted by Gasteiger charge is 2.06. The fraction of sp³-hybridized carbons (Fsp3) is 0.176. The zero-order chi connectivity index (χ0) is 14.4. The molecule has 2 nitrogen and oxygen atoms in total. The van der Waals surface area contributed by atoms with Gasteiger partial charge in [-0.25, -0.2) is 4.39 Å². The van der Waals surface area contributed by atoms with Crippen LogP contribution < -0.4 is 10.5 Å². The van der Waals surface area contributed by atoms with Gasteiger partial charge in [-0.2, -0.15) is 0 Å². The number of nitrogens with two attached hydrogens (primary N) is 1. The van der Waals surface area contributed by atoms with E-state index < -0.39 is 0 Å². The van der Waals surface area contributed by atoms with Crippen LogP contribution >= 0.6 is 0 Å². The van der Waals surface area contributed by atoms with E-state index in [9.17, 15) is 4.39 Å². The van der Waals surface area contributed by atoms with Crippen LogP contribution in [0.15, 0.2) is 54.6 Å². The van der Waals surface area contributed by atoms with Gasteiger partial charge in [-0.05, 0) is 36.3 Å². The fourth-order valence-electron chi connectivity index (χ4n) is 1.80. The Morgan fingerprint density at radius 2 is 1.95 bits per heavy atom. The summed E-state index contributed by atoms with van der Waals surface area (Å²) in [5, 5.41) is 0. The topological polar surface area (TPSA) is 35.2 Å². The van der Waals surface area contributed by atoms with Gasteiger partial charge in [-0.15, -0.1) is 0 Å². The van der Waals surface area contributed by atoms with Crippen molar-refractivity contribution in [3.63, 3.8) is 0 Å². The molecular formula is C17H18FNO. The Kier molecular flexibility index (Phi) is 4.91. The molecule has 2 aromatic carbocycles. The van der Waals surface area contributed by atoms with Gasteiger partial charge in [-0.3, -0.25) is 0 Å². The summed E-state index contributed by atoms with van der Waals surface area (Å²) in [5.41, 5.74) is 7.55. The van der Waals surface area contributed by atoms with Gasteiger partial charge in [0.2, 0.25) is 0 Å². The van der Waals surface area contributed by atoms with Gasteiger partial charge in [0, 0.05) is 6.04 Å². The zero-order valence-electron chi connectivity index (χ0n) is 11.4. The largest absolute Gasteiger partial charge is 0.486 e. The average Bonchev–Trinajstić information content (AvgIpc) is 2.46. The standard InChI is InChI=1S/C17H18FNO/c1-13(19)15-9-10-17(16(18)12-15)20-11-5-8-14-6-3-2-4-7-14/h2-10,12-13H,11,19H2,1H3/b8-5+. The lowest BCUT2D eigenvalue weighted by atomic mass is 10.1. The van der Waals surface area contributed by atoms with Crippen molar-refractivity contribution in [2.45, 2.75) is 13.0 Å². The minimum atomic E-state index is -0.382. The maximum Gasteiger partial charge on any atom is 0.165 e. The van der Waals surface area contributed by atoms with Crippen LogP contribution in [-0.4, -0.2) is 6.61 Å². The molecule has 0 aliphatic heterocycles. The molecule has 1 atom stereocenters. The monoisotopic (exact) mass is 271 g/mol. The van der Waals surface area contributed by atoms with Crippen molar-refractivity contribution < 1.29 is 9.13 Å². The van der Waals surface area contributed by atoms with E-state index in [1.54, 1.807) is 12.1 Å². The predicted octanol–water partition coefficient (Wildman–Crippen LogP) is 3.94. The van der Waals surface area contributed by atoms with E-state index >= 15 is 0 Å². The Hall–Kier alpha value is -2.13. The first kappa shape index (κ1) is 14.3. The summed E-state index contributed by atoms with van der Waals surface area (Å²) in [7, 11) is 0. The van der Waals surface area contributed by atoms with Gasteiger partial charge in [0.1, 0.15) is 6.61 Å². The summed E-state index contributed by atoms with van der Waals surface area (Å²) in [6.45, 7) is 2.14. The van der Waals surface area contributed by atoms with Crippen LogP contribution in [0.3, 0.4) is 0 Å². The second-order valence-corrected chi connectivity index (χ2v) is 4.60. The molecule has 2 rings (SSSR count). The number of hydrogen-bond donors (Lipinski definition) is 1. The van der Waals surface area contributed by atoms with Gasteiger partial charge in [-0.1, -0.05) is 42.5 Å². The molecule has 0 bridgehead atoms. The van der Waals surface area contributed by atoms with Gasteiger partial charge in [0.25, 0.3) is 0 Å². The number of rotatable bonds is 5. The molecule has 0 saturated heterocycles. The van der Waals surface area contributed by atoms with Gasteiger partial charge in [0.15, 0.2) is 11.6 Å². The average molecular weight is 271 g/mol. The third-order valence-corrected chi connectivity index (χ3v) is 2.93. The molecular weight excluding hydrogens is 253 g/mol. The van der Waals surface area contributed by atoms with E-state index in [-0.39, 0.29) is 17.6 Å². The molecule has 2 N–H and O–H groups in total. The molecule has 0 aliphatic rings. The van der Waals surface area contributed by atoms with E-state index in [1.807, 2.05) is 49.4 Å². The van der Waals surface area contributed by atoms with Crippen LogP contribution in [0.2, 0.25) is 0 Å². The molecule has 2 aromatic rings. The SMILES string of the molecule is CC(N)c1ccc(OC/C=C/c2ccccc2)c(F)c1. The lowest BCUT2D eigenvalue weighted by Crippen LogP contribution is -2.05. The number of halogens is 1. The van der Waals surface area contributed by atoms with Crippen molar-refractivity contribution in [2.24, 2.45) is 5.73 Å². The second kappa shape index (κ2) is 6.87. The van der Waals surface area contributed by atoms with E-state index in [0.717, 1.165) is 11.1 Å². The van der Waals surface area contributed by atoms with Crippen molar-refractivity contribution in [1.29, 1.82) is 0 Å². The molecule has 0 saturated carbocycles. The Morgan fingerprint density at radius 3 is 2.60 bits per heavy atom. The Labute approximate surface area is 118 Å². The highest BCUT2D eigenvalue weighted by molar-refractivity contribution is 5.48. The van der Waals surface area contributed by atoms with Gasteiger partial charge in [0.05, 0.1) is 0 Å². The van der Waals surface area contributed by atoms with Crippen LogP contribution in [0, 0.1) is 5.82 Å². The lowest BCUT2D eigenvalue weighted by molar-refractivity contribution is 0.342. The van der Waals surface area contributed by atoms with Crippen LogP contribution in [0.1, 0.15) is 24.1 Å². The summed E-state index contributed by atoms with van der Waals surface area (Å²) >= 11 is 0. The van der Waals surface area contributed by atoms with Gasteiger partial charge >= 0.3 is 0 Å². The Bertz CT molecular complexity index is 579. The number of ether oxygens (including phenoxy) is 1. The van der Waals surface area contributed by atoms with Gasteiger partial charge < -0.3 is 10.5 Å². The molecule has 1 unspecified atom stereocenters. The third kappa shape index (κ3) is 3.93. The second-order valence-electron chi connectivity index (χ2n) is 4.60. The highest BCUT2D eigenvalue weighted by atomic mass is 19.1. The first-order valence-electron chi connectivity index (χ1n) is 6.56. The van der Waals surface area contributed by atoms with Crippen molar-refractivity contribution in [1.82, 2.24) is 0 Å². The minimum Gasteiger partial charge on any atom is -0.486 e. The molecule has 0 amide bonds. The summed E-state index contributed by atoms with van der Waals surface area (Å²) in [4.78, 5) is 0. The molecule has 0 aliphatic carbocycles. The highest BCUT2D eigenvalue weighted by Crippen LogP contribution is 2.21. The smallest absolute Gasteiger partial charge is 0.165 e. The number of hydrogen-bond acceptors (Lipinski definition) is 2. The zero-order valence-corrected chi connectivity index (χ0v) is 11.4. The summed E-state index contributed by atoms with van der Waals surface area (Å²) in [6, 6.07) is 14.5. The predicted molar refractivity (Wildman–Crippen MR) is 80.0 cm³/mol. The Morgan fingerprint density at radius 1 is 1.20 bits per heavy atom. The van der Waals surface area contributed by atoms with Crippen LogP contribution in [-0.2, 0) is 0 Å². The lowest BCUT2D eigenvalue weighted by Gasteiger charge is -2.09. The molecule has 0 heterocycles. The van der Waals surface area contributed by atoms with Crippen molar-refractivity contribution in [3.8, 4) is 5.75 Å². The Balaban J connectivity index is 1.93. The summed E-state index contributed by atoms with van der Waals surface area (Å²) < 4.78 is 19.1. The maximum absolute atomic E-state index is 13.8. The minimum absolute atomic E-state index is 0.184. The maximum atomic E-state index is 13.8. The fourth-order valence-corrected chi connectivity index (χ4v) is 1.80. The van der Waals surface area contributed by atoms with Crippen molar-refractivity contribution in [3.05, 3.63) is 71.6 Å². The summed E-state index contributed by atoms with van der Waals surface area (Å²) in [5.74, 6) is -0.139. The molecule has 3 heteroatoms. The van der Waals surface area contributed by atoms with Crippen LogP contribution in [0.4, 0.5) is 4.39 Å². The van der Waals surface area contributed by atoms with E-state index in [2.05, 4.69) is 0 Å². The van der Waals surface area contributed by atoms with Crippen LogP contribution in [0.25, 0.3) is 6.08 Å². The normalized spacial score (nSPS) is 12.6.